The summed E-state index contributed by atoms with van der Waals surface area (Å²) < 4.78 is 5.94. The number of anilines is 1. The molecule has 2 aromatic rings. The largest absolute Gasteiger partial charge is 0.487 e. The Labute approximate surface area is 131 Å². The lowest BCUT2D eigenvalue weighted by Crippen LogP contribution is -2.14. The van der Waals surface area contributed by atoms with Crippen LogP contribution in [0, 0.1) is 6.92 Å². The van der Waals surface area contributed by atoms with Gasteiger partial charge in [-0.2, -0.15) is 0 Å². The molecule has 0 spiro atoms. The minimum atomic E-state index is 0.00823. The topological polar surface area (TPSA) is 48.1 Å². The number of aryl methyl sites for hydroxylation is 1. The molecule has 3 nitrogen and oxygen atoms in total. The van der Waals surface area contributed by atoms with Crippen molar-refractivity contribution in [1.29, 1.82) is 0 Å². The SMILES string of the molecule is Cc1ccc(OCc2nc(N)ccc2Cl)c(C(C)(C)C)c1. The van der Waals surface area contributed by atoms with E-state index in [0.29, 0.717) is 23.1 Å². The van der Waals surface area contributed by atoms with Crippen LogP contribution in [0.2, 0.25) is 5.02 Å². The van der Waals surface area contributed by atoms with Crippen molar-refractivity contribution in [3.63, 3.8) is 0 Å². The molecular formula is C17H21ClN2O. The fraction of sp³-hybridized carbons (Fsp3) is 0.353. The highest BCUT2D eigenvalue weighted by Gasteiger charge is 2.19. The lowest BCUT2D eigenvalue weighted by atomic mass is 9.85. The van der Waals surface area contributed by atoms with Crippen molar-refractivity contribution >= 4 is 17.4 Å². The molecule has 0 fully saturated rings. The number of halogens is 1. The van der Waals surface area contributed by atoms with Crippen LogP contribution in [0.4, 0.5) is 5.82 Å². The number of nitrogen functional groups attached to an aromatic ring is 1. The molecule has 112 valence electrons. The summed E-state index contributed by atoms with van der Waals surface area (Å²) in [4.78, 5) is 4.22. The number of hydrogen-bond donors (Lipinski definition) is 1. The van der Waals surface area contributed by atoms with Gasteiger partial charge in [0.15, 0.2) is 0 Å². The van der Waals surface area contributed by atoms with Crippen LogP contribution in [0.15, 0.2) is 30.3 Å². The average Bonchev–Trinajstić information content (AvgIpc) is 2.40. The first-order valence-corrected chi connectivity index (χ1v) is 7.30. The lowest BCUT2D eigenvalue weighted by Gasteiger charge is -2.23. The maximum atomic E-state index is 6.12. The molecule has 1 heterocycles. The first kappa shape index (κ1) is 15.6. The van der Waals surface area contributed by atoms with Gasteiger partial charge in [-0.25, -0.2) is 4.98 Å². The number of ether oxygens (including phenoxy) is 1. The maximum absolute atomic E-state index is 6.12. The van der Waals surface area contributed by atoms with E-state index < -0.39 is 0 Å². The second kappa shape index (κ2) is 5.94. The highest BCUT2D eigenvalue weighted by Crippen LogP contribution is 2.32. The predicted octanol–water partition coefficient (Wildman–Crippen LogP) is 4.50. The van der Waals surface area contributed by atoms with Crippen molar-refractivity contribution in [3.05, 3.63) is 52.2 Å². The Bertz CT molecular complexity index is 648. The minimum Gasteiger partial charge on any atom is -0.487 e. The molecule has 21 heavy (non-hydrogen) atoms. The Morgan fingerprint density at radius 1 is 1.19 bits per heavy atom. The molecule has 0 unspecified atom stereocenters. The molecule has 0 bridgehead atoms. The normalized spacial score (nSPS) is 11.5. The third-order valence-corrected chi connectivity index (χ3v) is 3.59. The van der Waals surface area contributed by atoms with Gasteiger partial charge in [-0.1, -0.05) is 50.1 Å². The highest BCUT2D eigenvalue weighted by molar-refractivity contribution is 6.31. The Balaban J connectivity index is 2.26. The van der Waals surface area contributed by atoms with Gasteiger partial charge in [-0.3, -0.25) is 0 Å². The molecule has 2 rings (SSSR count). The van der Waals surface area contributed by atoms with Crippen molar-refractivity contribution in [2.45, 2.75) is 39.7 Å². The third kappa shape index (κ3) is 3.88. The van der Waals surface area contributed by atoms with Gasteiger partial charge in [0, 0.05) is 0 Å². The summed E-state index contributed by atoms with van der Waals surface area (Å²) in [7, 11) is 0. The Hall–Kier alpha value is -1.74. The first-order valence-electron chi connectivity index (χ1n) is 6.92. The van der Waals surface area contributed by atoms with Gasteiger partial charge in [0.1, 0.15) is 18.2 Å². The zero-order valence-electron chi connectivity index (χ0n) is 12.9. The van der Waals surface area contributed by atoms with Crippen molar-refractivity contribution < 1.29 is 4.74 Å². The van der Waals surface area contributed by atoms with Crippen molar-refractivity contribution in [2.75, 3.05) is 5.73 Å². The van der Waals surface area contributed by atoms with E-state index in [1.807, 2.05) is 12.1 Å². The van der Waals surface area contributed by atoms with Crippen LogP contribution in [0.1, 0.15) is 37.6 Å². The predicted molar refractivity (Wildman–Crippen MR) is 87.9 cm³/mol. The monoisotopic (exact) mass is 304 g/mol. The van der Waals surface area contributed by atoms with Crippen molar-refractivity contribution in [1.82, 2.24) is 4.98 Å². The van der Waals surface area contributed by atoms with E-state index in [1.54, 1.807) is 12.1 Å². The molecule has 0 atom stereocenters. The summed E-state index contributed by atoms with van der Waals surface area (Å²) in [5.74, 6) is 1.30. The second-order valence-corrected chi connectivity index (χ2v) is 6.61. The second-order valence-electron chi connectivity index (χ2n) is 6.20. The molecule has 0 aliphatic carbocycles. The van der Waals surface area contributed by atoms with Gasteiger partial charge < -0.3 is 10.5 Å². The maximum Gasteiger partial charge on any atom is 0.132 e. The van der Waals surface area contributed by atoms with Crippen LogP contribution in [0.5, 0.6) is 5.75 Å². The van der Waals surface area contributed by atoms with Gasteiger partial charge in [-0.05, 0) is 36.1 Å². The van der Waals surface area contributed by atoms with E-state index in [9.17, 15) is 0 Å². The number of nitrogens with zero attached hydrogens (tertiary/aromatic N) is 1. The molecule has 1 aromatic heterocycles. The van der Waals surface area contributed by atoms with Crippen LogP contribution in [-0.2, 0) is 12.0 Å². The van der Waals surface area contributed by atoms with E-state index >= 15 is 0 Å². The summed E-state index contributed by atoms with van der Waals surface area (Å²) in [5.41, 5.74) is 8.73. The summed E-state index contributed by atoms with van der Waals surface area (Å²) in [6.07, 6.45) is 0. The van der Waals surface area contributed by atoms with Crippen molar-refractivity contribution in [3.8, 4) is 5.75 Å². The van der Waals surface area contributed by atoms with Gasteiger partial charge in [-0.15, -0.1) is 0 Å². The summed E-state index contributed by atoms with van der Waals surface area (Å²) in [6, 6.07) is 9.61. The molecular weight excluding hydrogens is 284 g/mol. The average molecular weight is 305 g/mol. The van der Waals surface area contributed by atoms with E-state index in [1.165, 1.54) is 11.1 Å². The Kier molecular flexibility index (Phi) is 4.43. The molecule has 4 heteroatoms. The van der Waals surface area contributed by atoms with Crippen molar-refractivity contribution in [2.24, 2.45) is 0 Å². The van der Waals surface area contributed by atoms with Crippen LogP contribution < -0.4 is 10.5 Å². The summed E-state index contributed by atoms with van der Waals surface area (Å²) in [6.45, 7) is 8.88. The number of aromatic nitrogens is 1. The number of hydrogen-bond acceptors (Lipinski definition) is 3. The third-order valence-electron chi connectivity index (χ3n) is 3.25. The fourth-order valence-electron chi connectivity index (χ4n) is 2.10. The van der Waals surface area contributed by atoms with E-state index in [0.717, 1.165) is 5.75 Å². The van der Waals surface area contributed by atoms with Crippen LogP contribution >= 0.6 is 11.6 Å². The summed E-state index contributed by atoms with van der Waals surface area (Å²) >= 11 is 6.12. The molecule has 1 aromatic carbocycles. The lowest BCUT2D eigenvalue weighted by molar-refractivity contribution is 0.293. The first-order chi connectivity index (χ1) is 9.77. The highest BCUT2D eigenvalue weighted by atomic mass is 35.5. The zero-order valence-corrected chi connectivity index (χ0v) is 13.7. The Morgan fingerprint density at radius 2 is 1.90 bits per heavy atom. The van der Waals surface area contributed by atoms with Gasteiger partial charge in [0.25, 0.3) is 0 Å². The van der Waals surface area contributed by atoms with E-state index in [-0.39, 0.29) is 5.41 Å². The fourth-order valence-corrected chi connectivity index (χ4v) is 2.26. The van der Waals surface area contributed by atoms with E-state index in [2.05, 4.69) is 38.7 Å². The number of benzene rings is 1. The number of rotatable bonds is 3. The molecule has 0 saturated carbocycles. The van der Waals surface area contributed by atoms with Gasteiger partial charge >= 0.3 is 0 Å². The minimum absolute atomic E-state index is 0.00823. The molecule has 0 aliphatic rings. The smallest absolute Gasteiger partial charge is 0.132 e. The van der Waals surface area contributed by atoms with Gasteiger partial charge in [0.05, 0.1) is 10.7 Å². The van der Waals surface area contributed by atoms with Gasteiger partial charge in [0.2, 0.25) is 0 Å². The molecule has 0 radical (unpaired) electrons. The molecule has 2 N–H and O–H groups in total. The number of nitrogens with two attached hydrogens (primary N) is 1. The van der Waals surface area contributed by atoms with Crippen LogP contribution in [0.25, 0.3) is 0 Å². The van der Waals surface area contributed by atoms with Crippen LogP contribution in [-0.4, -0.2) is 4.98 Å². The van der Waals surface area contributed by atoms with Crippen LogP contribution in [0.3, 0.4) is 0 Å². The molecule has 0 amide bonds. The zero-order chi connectivity index (χ0) is 15.6. The summed E-state index contributed by atoms with van der Waals surface area (Å²) in [5, 5.41) is 0.564. The van der Waals surface area contributed by atoms with E-state index in [4.69, 9.17) is 22.1 Å². The molecule has 0 aliphatic heterocycles. The number of pyridine rings is 1. The Morgan fingerprint density at radius 3 is 2.57 bits per heavy atom. The quantitative estimate of drug-likeness (QED) is 0.908. The molecule has 0 saturated heterocycles. The standard InChI is InChI=1S/C17H21ClN2O/c1-11-5-7-15(12(9-11)17(2,3)4)21-10-14-13(18)6-8-16(19)20-14/h5-9H,10H2,1-4H3,(H2,19,20).